The first-order chi connectivity index (χ1) is 9.53. The summed E-state index contributed by atoms with van der Waals surface area (Å²) in [6.07, 6.45) is 11.2. The van der Waals surface area contributed by atoms with Crippen molar-refractivity contribution in [3.05, 3.63) is 24.8 Å². The molecule has 2 fully saturated rings. The highest BCUT2D eigenvalue weighted by atomic mass is 16.6. The van der Waals surface area contributed by atoms with Gasteiger partial charge in [-0.15, -0.1) is 6.58 Å². The van der Waals surface area contributed by atoms with E-state index in [9.17, 15) is 4.79 Å². The number of carbonyl (C=O) groups excluding carboxylic acids is 1. The number of hydrogen-bond donors (Lipinski definition) is 0. The molecule has 0 aromatic rings. The lowest BCUT2D eigenvalue weighted by Crippen LogP contribution is -2.53. The van der Waals surface area contributed by atoms with Crippen LogP contribution in [0.2, 0.25) is 0 Å². The first-order valence-corrected chi connectivity index (χ1v) is 7.66. The minimum atomic E-state index is -0.429. The smallest absolute Gasteiger partial charge is 0.303 e. The molecule has 1 spiro atoms. The van der Waals surface area contributed by atoms with E-state index in [-0.39, 0.29) is 17.7 Å². The Morgan fingerprint density at radius 1 is 1.50 bits per heavy atom. The molecule has 2 aliphatic carbocycles. The van der Waals surface area contributed by atoms with Crippen molar-refractivity contribution in [2.75, 3.05) is 0 Å². The second-order valence-electron chi connectivity index (χ2n) is 6.62. The van der Waals surface area contributed by atoms with Gasteiger partial charge in [0.05, 0.1) is 6.10 Å². The lowest BCUT2D eigenvalue weighted by Gasteiger charge is -2.43. The van der Waals surface area contributed by atoms with Gasteiger partial charge in [0.2, 0.25) is 0 Å². The van der Waals surface area contributed by atoms with Crippen molar-refractivity contribution >= 4 is 5.97 Å². The predicted octanol–water partition coefficient (Wildman–Crippen LogP) is 3.40. The fourth-order valence-electron chi connectivity index (χ4n) is 4.95. The summed E-state index contributed by atoms with van der Waals surface area (Å²) < 4.78 is 12.3. The molecular weight excluding hydrogens is 252 g/mol. The monoisotopic (exact) mass is 276 g/mol. The van der Waals surface area contributed by atoms with Crippen molar-refractivity contribution < 1.29 is 14.3 Å². The summed E-state index contributed by atoms with van der Waals surface area (Å²) in [5.41, 5.74) is -0.734. The summed E-state index contributed by atoms with van der Waals surface area (Å²) in [7, 11) is 0. The largest absolute Gasteiger partial charge is 0.456 e. The molecule has 3 nitrogen and oxygen atoms in total. The molecule has 3 rings (SSSR count). The number of hydrogen-bond acceptors (Lipinski definition) is 3. The third-order valence-corrected chi connectivity index (χ3v) is 5.35. The molecule has 0 radical (unpaired) electrons. The molecular formula is C17H24O3. The SMILES string of the molecule is C=CC[C@@H]1C[C@]2(OC(C)=O)CC(C)O[C@@]23CC=CC[C@H]13. The summed E-state index contributed by atoms with van der Waals surface area (Å²) in [4.78, 5) is 11.7. The van der Waals surface area contributed by atoms with Crippen LogP contribution < -0.4 is 0 Å². The Hall–Kier alpha value is -1.09. The van der Waals surface area contributed by atoms with Crippen LogP contribution in [0.1, 0.15) is 46.0 Å². The third-order valence-electron chi connectivity index (χ3n) is 5.35. The molecule has 1 unspecified atom stereocenters. The highest BCUT2D eigenvalue weighted by molar-refractivity contribution is 5.67. The minimum absolute atomic E-state index is 0.160. The molecule has 0 amide bonds. The Morgan fingerprint density at radius 3 is 3.00 bits per heavy atom. The number of carbonyl (C=O) groups is 1. The molecule has 0 N–H and O–H groups in total. The molecule has 1 saturated carbocycles. The first-order valence-electron chi connectivity index (χ1n) is 7.66. The van der Waals surface area contributed by atoms with Crippen LogP contribution in [0, 0.1) is 11.8 Å². The van der Waals surface area contributed by atoms with Gasteiger partial charge in [0.15, 0.2) is 0 Å². The standard InChI is InChI=1S/C17H24O3/c1-4-7-14-11-16(20-13(3)18)10-12(2)19-17(16)9-6-5-8-15(14)17/h4-6,12,14-15H,1,7-11H2,2-3H3/t12?,14-,15-,16-,17-/m1/s1. The van der Waals surface area contributed by atoms with Gasteiger partial charge >= 0.3 is 5.97 Å². The molecule has 3 aliphatic rings. The molecule has 0 aromatic heterocycles. The van der Waals surface area contributed by atoms with Gasteiger partial charge in [0.1, 0.15) is 11.2 Å². The van der Waals surface area contributed by atoms with Crippen molar-refractivity contribution in [3.8, 4) is 0 Å². The lowest BCUT2D eigenvalue weighted by molar-refractivity contribution is -0.181. The van der Waals surface area contributed by atoms with E-state index < -0.39 is 5.60 Å². The Morgan fingerprint density at radius 2 is 2.30 bits per heavy atom. The van der Waals surface area contributed by atoms with Crippen molar-refractivity contribution in [2.24, 2.45) is 11.8 Å². The van der Waals surface area contributed by atoms with Gasteiger partial charge in [-0.3, -0.25) is 4.79 Å². The maximum atomic E-state index is 11.7. The van der Waals surface area contributed by atoms with E-state index in [1.54, 1.807) is 0 Å². The molecule has 1 aliphatic heterocycles. The van der Waals surface area contributed by atoms with Gasteiger partial charge in [-0.05, 0) is 44.4 Å². The van der Waals surface area contributed by atoms with E-state index >= 15 is 0 Å². The summed E-state index contributed by atoms with van der Waals surface area (Å²) >= 11 is 0. The topological polar surface area (TPSA) is 35.5 Å². The zero-order valence-corrected chi connectivity index (χ0v) is 12.4. The van der Waals surface area contributed by atoms with Crippen LogP contribution in [-0.2, 0) is 14.3 Å². The first kappa shape index (κ1) is 13.9. The van der Waals surface area contributed by atoms with E-state index in [1.807, 2.05) is 6.08 Å². The van der Waals surface area contributed by atoms with E-state index in [4.69, 9.17) is 9.47 Å². The lowest BCUT2D eigenvalue weighted by atomic mass is 9.73. The second-order valence-corrected chi connectivity index (χ2v) is 6.62. The predicted molar refractivity (Wildman–Crippen MR) is 77.2 cm³/mol. The van der Waals surface area contributed by atoms with Gasteiger partial charge in [0.25, 0.3) is 0 Å². The average molecular weight is 276 g/mol. The summed E-state index contributed by atoms with van der Waals surface area (Å²) in [5, 5.41) is 0. The highest BCUT2D eigenvalue weighted by Crippen LogP contribution is 2.62. The molecule has 5 atom stereocenters. The van der Waals surface area contributed by atoms with Crippen molar-refractivity contribution in [1.82, 2.24) is 0 Å². The molecule has 0 bridgehead atoms. The van der Waals surface area contributed by atoms with Crippen LogP contribution in [-0.4, -0.2) is 23.3 Å². The van der Waals surface area contributed by atoms with E-state index in [2.05, 4.69) is 25.7 Å². The fourth-order valence-corrected chi connectivity index (χ4v) is 4.95. The number of esters is 1. The second kappa shape index (κ2) is 4.73. The highest BCUT2D eigenvalue weighted by Gasteiger charge is 2.70. The summed E-state index contributed by atoms with van der Waals surface area (Å²) in [6.45, 7) is 7.49. The normalized spacial score (nSPS) is 45.8. The fraction of sp³-hybridized carbons (Fsp3) is 0.706. The van der Waals surface area contributed by atoms with E-state index in [0.717, 1.165) is 32.1 Å². The van der Waals surface area contributed by atoms with Crippen LogP contribution >= 0.6 is 0 Å². The molecule has 1 heterocycles. The number of allylic oxidation sites excluding steroid dienone is 2. The summed E-state index contributed by atoms with van der Waals surface area (Å²) in [6, 6.07) is 0. The molecule has 20 heavy (non-hydrogen) atoms. The van der Waals surface area contributed by atoms with Gasteiger partial charge in [0, 0.05) is 13.3 Å². The minimum Gasteiger partial charge on any atom is -0.456 e. The molecule has 0 aromatic carbocycles. The Bertz CT molecular complexity index is 455. The zero-order valence-electron chi connectivity index (χ0n) is 12.4. The molecule has 110 valence electrons. The van der Waals surface area contributed by atoms with E-state index in [1.165, 1.54) is 6.92 Å². The van der Waals surface area contributed by atoms with Gasteiger partial charge in [-0.25, -0.2) is 0 Å². The van der Waals surface area contributed by atoms with Gasteiger partial charge in [-0.2, -0.15) is 0 Å². The number of ether oxygens (including phenoxy) is 2. The Kier molecular flexibility index (Phi) is 3.28. The average Bonchev–Trinajstić information content (AvgIpc) is 2.73. The Balaban J connectivity index is 2.02. The van der Waals surface area contributed by atoms with Crippen molar-refractivity contribution in [1.29, 1.82) is 0 Å². The van der Waals surface area contributed by atoms with Gasteiger partial charge < -0.3 is 9.47 Å². The van der Waals surface area contributed by atoms with Crippen LogP contribution in [0.3, 0.4) is 0 Å². The zero-order chi connectivity index (χ0) is 14.4. The quantitative estimate of drug-likeness (QED) is 0.585. The molecule has 1 saturated heterocycles. The number of rotatable bonds is 3. The van der Waals surface area contributed by atoms with Crippen LogP contribution in [0.15, 0.2) is 24.8 Å². The third kappa shape index (κ3) is 1.79. The van der Waals surface area contributed by atoms with E-state index in [0.29, 0.717) is 11.8 Å². The van der Waals surface area contributed by atoms with Crippen LogP contribution in [0.25, 0.3) is 0 Å². The van der Waals surface area contributed by atoms with Crippen molar-refractivity contribution in [2.45, 2.75) is 63.3 Å². The maximum absolute atomic E-state index is 11.7. The Labute approximate surface area is 121 Å². The van der Waals surface area contributed by atoms with Crippen LogP contribution in [0.5, 0.6) is 0 Å². The summed E-state index contributed by atoms with van der Waals surface area (Å²) in [5.74, 6) is 0.758. The van der Waals surface area contributed by atoms with Crippen molar-refractivity contribution in [3.63, 3.8) is 0 Å². The van der Waals surface area contributed by atoms with Crippen LogP contribution in [0.4, 0.5) is 0 Å². The molecule has 3 heteroatoms. The maximum Gasteiger partial charge on any atom is 0.303 e. The van der Waals surface area contributed by atoms with Gasteiger partial charge in [-0.1, -0.05) is 18.2 Å².